The molecule has 0 heterocycles. The number of amides is 1. The standard InChI is InChI=1S/C14H25NO4/c1-14(19,9-12(16)17)10-15-13(18)11-7-5-3-2-4-6-8-11/h11,19H,2-10H2,1H3,(H,15,18)(H,16,17). The number of aliphatic carboxylic acids is 1. The van der Waals surface area contributed by atoms with E-state index in [0.29, 0.717) is 0 Å². The smallest absolute Gasteiger partial charge is 0.306 e. The second kappa shape index (κ2) is 7.48. The lowest BCUT2D eigenvalue weighted by atomic mass is 9.90. The van der Waals surface area contributed by atoms with E-state index in [-0.39, 0.29) is 24.8 Å². The first kappa shape index (κ1) is 16.0. The Balaban J connectivity index is 2.38. The van der Waals surface area contributed by atoms with E-state index in [9.17, 15) is 14.7 Å². The molecule has 19 heavy (non-hydrogen) atoms. The fraction of sp³-hybridized carbons (Fsp3) is 0.857. The number of carbonyl (C=O) groups excluding carboxylic acids is 1. The van der Waals surface area contributed by atoms with Crippen LogP contribution in [0.2, 0.25) is 0 Å². The molecule has 0 aromatic rings. The van der Waals surface area contributed by atoms with Gasteiger partial charge in [0.1, 0.15) is 0 Å². The van der Waals surface area contributed by atoms with E-state index in [1.54, 1.807) is 0 Å². The van der Waals surface area contributed by atoms with Crippen molar-refractivity contribution in [3.63, 3.8) is 0 Å². The summed E-state index contributed by atoms with van der Waals surface area (Å²) < 4.78 is 0. The van der Waals surface area contributed by atoms with Gasteiger partial charge in [-0.05, 0) is 19.8 Å². The Labute approximate surface area is 114 Å². The first-order chi connectivity index (χ1) is 8.91. The zero-order chi connectivity index (χ0) is 14.3. The summed E-state index contributed by atoms with van der Waals surface area (Å²) in [6.07, 6.45) is 7.19. The van der Waals surface area contributed by atoms with Crippen LogP contribution < -0.4 is 5.32 Å². The van der Waals surface area contributed by atoms with Crippen molar-refractivity contribution in [3.05, 3.63) is 0 Å². The highest BCUT2D eigenvalue weighted by atomic mass is 16.4. The van der Waals surface area contributed by atoms with Gasteiger partial charge in [-0.25, -0.2) is 0 Å². The molecule has 0 saturated heterocycles. The predicted molar refractivity (Wildman–Crippen MR) is 71.7 cm³/mol. The van der Waals surface area contributed by atoms with Crippen LogP contribution in [0.1, 0.15) is 58.3 Å². The van der Waals surface area contributed by atoms with Crippen molar-refractivity contribution in [1.82, 2.24) is 5.32 Å². The van der Waals surface area contributed by atoms with Gasteiger partial charge in [-0.3, -0.25) is 9.59 Å². The average Bonchev–Trinajstić information content (AvgIpc) is 2.23. The molecule has 1 saturated carbocycles. The van der Waals surface area contributed by atoms with Crippen LogP contribution in [-0.4, -0.2) is 34.2 Å². The molecule has 1 unspecified atom stereocenters. The van der Waals surface area contributed by atoms with E-state index in [2.05, 4.69) is 5.32 Å². The Morgan fingerprint density at radius 2 is 1.68 bits per heavy atom. The number of carboxylic acid groups (broad SMARTS) is 1. The van der Waals surface area contributed by atoms with Crippen LogP contribution >= 0.6 is 0 Å². The Bertz CT molecular complexity index is 307. The lowest BCUT2D eigenvalue weighted by Crippen LogP contribution is -2.44. The predicted octanol–water partition coefficient (Wildman–Crippen LogP) is 1.69. The van der Waals surface area contributed by atoms with Crippen molar-refractivity contribution in [3.8, 4) is 0 Å². The molecule has 0 aromatic carbocycles. The van der Waals surface area contributed by atoms with Crippen molar-refractivity contribution in [1.29, 1.82) is 0 Å². The SMILES string of the molecule is CC(O)(CNC(=O)C1CCCCCCC1)CC(=O)O. The van der Waals surface area contributed by atoms with E-state index in [1.807, 2.05) is 0 Å². The summed E-state index contributed by atoms with van der Waals surface area (Å²) in [5.74, 6) is -1.10. The van der Waals surface area contributed by atoms with Crippen molar-refractivity contribution < 1.29 is 19.8 Å². The highest BCUT2D eigenvalue weighted by Crippen LogP contribution is 2.22. The van der Waals surface area contributed by atoms with Crippen LogP contribution in [0.15, 0.2) is 0 Å². The minimum absolute atomic E-state index is 0.00532. The van der Waals surface area contributed by atoms with Gasteiger partial charge in [-0.15, -0.1) is 0 Å². The van der Waals surface area contributed by atoms with E-state index in [4.69, 9.17) is 5.11 Å². The minimum Gasteiger partial charge on any atom is -0.481 e. The summed E-state index contributed by atoms with van der Waals surface area (Å²) in [4.78, 5) is 22.6. The lowest BCUT2D eigenvalue weighted by Gasteiger charge is -2.24. The minimum atomic E-state index is -1.39. The lowest BCUT2D eigenvalue weighted by molar-refractivity contribution is -0.142. The second-order valence-electron chi connectivity index (χ2n) is 5.83. The third-order valence-electron chi connectivity index (χ3n) is 3.65. The molecule has 110 valence electrons. The van der Waals surface area contributed by atoms with E-state index < -0.39 is 11.6 Å². The molecule has 0 aliphatic heterocycles. The summed E-state index contributed by atoms with van der Waals surface area (Å²) in [5, 5.41) is 21.2. The summed E-state index contributed by atoms with van der Waals surface area (Å²) in [5.41, 5.74) is -1.39. The number of nitrogens with one attached hydrogen (secondary N) is 1. The first-order valence-electron chi connectivity index (χ1n) is 7.12. The molecule has 1 aliphatic carbocycles. The number of carbonyl (C=O) groups is 2. The van der Waals surface area contributed by atoms with Crippen LogP contribution in [-0.2, 0) is 9.59 Å². The fourth-order valence-corrected chi connectivity index (χ4v) is 2.53. The van der Waals surface area contributed by atoms with Gasteiger partial charge in [-0.2, -0.15) is 0 Å². The van der Waals surface area contributed by atoms with E-state index in [0.717, 1.165) is 25.7 Å². The summed E-state index contributed by atoms with van der Waals surface area (Å²) in [6, 6.07) is 0. The van der Waals surface area contributed by atoms with Gasteiger partial charge in [-0.1, -0.05) is 32.1 Å². The normalized spacial score (nSPS) is 20.9. The number of hydrogen-bond acceptors (Lipinski definition) is 3. The fourth-order valence-electron chi connectivity index (χ4n) is 2.53. The number of carboxylic acids is 1. The van der Waals surface area contributed by atoms with Gasteiger partial charge in [0.05, 0.1) is 12.0 Å². The molecule has 1 aliphatic rings. The van der Waals surface area contributed by atoms with Gasteiger partial charge in [0.2, 0.25) is 5.91 Å². The van der Waals surface area contributed by atoms with Crippen LogP contribution in [0, 0.1) is 5.92 Å². The van der Waals surface area contributed by atoms with Gasteiger partial charge < -0.3 is 15.5 Å². The van der Waals surface area contributed by atoms with Gasteiger partial charge in [0, 0.05) is 12.5 Å². The maximum absolute atomic E-state index is 12.0. The van der Waals surface area contributed by atoms with Gasteiger partial charge in [0.15, 0.2) is 0 Å². The summed E-state index contributed by atoms with van der Waals surface area (Å²) in [6.45, 7) is 1.42. The highest BCUT2D eigenvalue weighted by Gasteiger charge is 2.26. The molecule has 0 spiro atoms. The molecule has 1 atom stereocenters. The first-order valence-corrected chi connectivity index (χ1v) is 7.12. The molecule has 1 rings (SSSR count). The number of hydrogen-bond donors (Lipinski definition) is 3. The zero-order valence-corrected chi connectivity index (χ0v) is 11.7. The van der Waals surface area contributed by atoms with Crippen LogP contribution in [0.5, 0.6) is 0 Å². The maximum atomic E-state index is 12.0. The molecule has 0 bridgehead atoms. The Morgan fingerprint density at radius 1 is 1.16 bits per heavy atom. The van der Waals surface area contributed by atoms with Crippen molar-refractivity contribution >= 4 is 11.9 Å². The molecular formula is C14H25NO4. The van der Waals surface area contributed by atoms with Crippen LogP contribution in [0.3, 0.4) is 0 Å². The molecule has 0 aromatic heterocycles. The highest BCUT2D eigenvalue weighted by molar-refractivity contribution is 5.78. The van der Waals surface area contributed by atoms with Gasteiger partial charge in [0.25, 0.3) is 0 Å². The summed E-state index contributed by atoms with van der Waals surface area (Å²) >= 11 is 0. The second-order valence-corrected chi connectivity index (χ2v) is 5.83. The molecule has 1 amide bonds. The average molecular weight is 271 g/mol. The van der Waals surface area contributed by atoms with Gasteiger partial charge >= 0.3 is 5.97 Å². The zero-order valence-electron chi connectivity index (χ0n) is 11.7. The van der Waals surface area contributed by atoms with Crippen LogP contribution in [0.25, 0.3) is 0 Å². The number of rotatable bonds is 5. The quantitative estimate of drug-likeness (QED) is 0.710. The maximum Gasteiger partial charge on any atom is 0.306 e. The van der Waals surface area contributed by atoms with Crippen molar-refractivity contribution in [2.24, 2.45) is 5.92 Å². The number of aliphatic hydroxyl groups is 1. The molecule has 3 N–H and O–H groups in total. The molecule has 0 radical (unpaired) electrons. The van der Waals surface area contributed by atoms with Crippen molar-refractivity contribution in [2.45, 2.75) is 63.9 Å². The molecule has 1 fully saturated rings. The van der Waals surface area contributed by atoms with E-state index >= 15 is 0 Å². The molecular weight excluding hydrogens is 246 g/mol. The topological polar surface area (TPSA) is 86.6 Å². The monoisotopic (exact) mass is 271 g/mol. The third-order valence-corrected chi connectivity index (χ3v) is 3.65. The third kappa shape index (κ3) is 6.57. The Morgan fingerprint density at radius 3 is 2.21 bits per heavy atom. The largest absolute Gasteiger partial charge is 0.481 e. The van der Waals surface area contributed by atoms with Crippen molar-refractivity contribution in [2.75, 3.05) is 6.54 Å². The van der Waals surface area contributed by atoms with Crippen LogP contribution in [0.4, 0.5) is 0 Å². The molecule has 5 nitrogen and oxygen atoms in total. The molecule has 5 heteroatoms. The Kier molecular flexibility index (Phi) is 6.28. The van der Waals surface area contributed by atoms with E-state index in [1.165, 1.54) is 26.2 Å². The Hall–Kier alpha value is -1.10. The summed E-state index contributed by atoms with van der Waals surface area (Å²) in [7, 11) is 0.